The van der Waals surface area contributed by atoms with Crippen molar-refractivity contribution in [2.24, 2.45) is 4.99 Å². The highest BCUT2D eigenvalue weighted by atomic mass is 127. The summed E-state index contributed by atoms with van der Waals surface area (Å²) >= 11 is 0. The van der Waals surface area contributed by atoms with Crippen molar-refractivity contribution in [3.05, 3.63) is 60.1 Å². The minimum Gasteiger partial charge on any atom is -0.469 e. The van der Waals surface area contributed by atoms with Crippen molar-refractivity contribution in [3.8, 4) is 0 Å². The molecule has 0 fully saturated rings. The molecule has 0 saturated heterocycles. The fourth-order valence-electron chi connectivity index (χ4n) is 2.96. The molecule has 1 aromatic carbocycles. The molecular weight excluding hydrogens is 479 g/mol. The first kappa shape index (κ1) is 25.0. The van der Waals surface area contributed by atoms with Gasteiger partial charge in [-0.3, -0.25) is 9.79 Å². The predicted molar refractivity (Wildman–Crippen MR) is 129 cm³/mol. The van der Waals surface area contributed by atoms with E-state index in [-0.39, 0.29) is 29.9 Å². The van der Waals surface area contributed by atoms with E-state index >= 15 is 0 Å². The van der Waals surface area contributed by atoms with Crippen molar-refractivity contribution < 1.29 is 9.21 Å². The van der Waals surface area contributed by atoms with Crippen LogP contribution in [0, 0.1) is 0 Å². The lowest BCUT2D eigenvalue weighted by Gasteiger charge is -2.26. The van der Waals surface area contributed by atoms with Gasteiger partial charge in [0.1, 0.15) is 5.76 Å². The van der Waals surface area contributed by atoms with Crippen LogP contribution < -0.4 is 5.32 Å². The summed E-state index contributed by atoms with van der Waals surface area (Å²) < 4.78 is 5.38. The number of nitrogens with zero attached hydrogens (tertiary/aromatic N) is 3. The summed E-state index contributed by atoms with van der Waals surface area (Å²) in [7, 11) is 1.91. The Kier molecular flexibility index (Phi) is 12.1. The normalized spacial score (nSPS) is 10.9. The van der Waals surface area contributed by atoms with E-state index < -0.39 is 0 Å². The largest absolute Gasteiger partial charge is 0.469 e. The number of benzene rings is 1. The smallest absolute Gasteiger partial charge is 0.242 e. The predicted octanol–water partition coefficient (Wildman–Crippen LogP) is 3.43. The van der Waals surface area contributed by atoms with E-state index in [1.807, 2.05) is 61.0 Å². The topological polar surface area (TPSA) is 61.1 Å². The number of halogens is 1. The van der Waals surface area contributed by atoms with Crippen LogP contribution >= 0.6 is 24.0 Å². The SMILES string of the molecule is CCN(CC)C(=O)CN(C)C(=NCCc1ccco1)NCCc1ccccc1.I. The summed E-state index contributed by atoms with van der Waals surface area (Å²) in [5, 5.41) is 3.40. The highest BCUT2D eigenvalue weighted by Gasteiger charge is 2.15. The maximum Gasteiger partial charge on any atom is 0.242 e. The molecule has 0 saturated carbocycles. The molecule has 1 N–H and O–H groups in total. The summed E-state index contributed by atoms with van der Waals surface area (Å²) in [5.74, 6) is 1.76. The number of furan rings is 1. The quantitative estimate of drug-likeness (QED) is 0.301. The van der Waals surface area contributed by atoms with Crippen molar-refractivity contribution in [3.63, 3.8) is 0 Å². The molecule has 0 radical (unpaired) electrons. The summed E-state index contributed by atoms with van der Waals surface area (Å²) in [4.78, 5) is 20.9. The fourth-order valence-corrected chi connectivity index (χ4v) is 2.96. The molecule has 2 aromatic rings. The molecule has 7 heteroatoms. The molecule has 1 heterocycles. The molecule has 1 aromatic heterocycles. The van der Waals surface area contributed by atoms with Crippen LogP contribution in [0.1, 0.15) is 25.2 Å². The Morgan fingerprint density at radius 3 is 2.41 bits per heavy atom. The van der Waals surface area contributed by atoms with Gasteiger partial charge in [0.2, 0.25) is 5.91 Å². The molecule has 0 bridgehead atoms. The molecule has 29 heavy (non-hydrogen) atoms. The van der Waals surface area contributed by atoms with Crippen LogP contribution in [0.4, 0.5) is 0 Å². The number of aliphatic imine (C=N–C) groups is 1. The summed E-state index contributed by atoms with van der Waals surface area (Å²) in [6, 6.07) is 14.2. The van der Waals surface area contributed by atoms with Gasteiger partial charge in [0, 0.05) is 39.6 Å². The number of hydrogen-bond acceptors (Lipinski definition) is 3. The third kappa shape index (κ3) is 8.89. The van der Waals surface area contributed by atoms with E-state index in [4.69, 9.17) is 9.41 Å². The lowest BCUT2D eigenvalue weighted by atomic mass is 10.1. The van der Waals surface area contributed by atoms with Gasteiger partial charge in [-0.15, -0.1) is 24.0 Å². The second-order valence-corrected chi connectivity index (χ2v) is 6.62. The van der Waals surface area contributed by atoms with E-state index in [2.05, 4.69) is 17.4 Å². The molecule has 160 valence electrons. The van der Waals surface area contributed by atoms with Crippen molar-refractivity contribution in [1.29, 1.82) is 0 Å². The summed E-state index contributed by atoms with van der Waals surface area (Å²) in [6.45, 7) is 7.10. The minimum atomic E-state index is 0. The Bertz CT molecular complexity index is 716. The van der Waals surface area contributed by atoms with Gasteiger partial charge in [0.25, 0.3) is 0 Å². The molecule has 0 atom stereocenters. The Labute approximate surface area is 191 Å². The van der Waals surface area contributed by atoms with Gasteiger partial charge in [0.05, 0.1) is 12.8 Å². The molecule has 0 aliphatic heterocycles. The van der Waals surface area contributed by atoms with Crippen LogP contribution in [0.25, 0.3) is 0 Å². The number of hydrogen-bond donors (Lipinski definition) is 1. The fraction of sp³-hybridized carbons (Fsp3) is 0.455. The third-order valence-corrected chi connectivity index (χ3v) is 4.59. The molecule has 6 nitrogen and oxygen atoms in total. The first-order valence-electron chi connectivity index (χ1n) is 9.97. The molecule has 2 rings (SSSR count). The molecule has 0 spiro atoms. The van der Waals surface area contributed by atoms with Crippen LogP contribution in [0.3, 0.4) is 0 Å². The number of nitrogens with one attached hydrogen (secondary N) is 1. The van der Waals surface area contributed by atoms with E-state index in [0.29, 0.717) is 13.1 Å². The molecule has 1 amide bonds. The first-order chi connectivity index (χ1) is 13.6. The van der Waals surface area contributed by atoms with Crippen LogP contribution in [0.15, 0.2) is 58.1 Å². The van der Waals surface area contributed by atoms with E-state index in [1.54, 1.807) is 6.26 Å². The Balaban J connectivity index is 0.00000420. The zero-order chi connectivity index (χ0) is 20.2. The maximum atomic E-state index is 12.5. The van der Waals surface area contributed by atoms with Crippen LogP contribution in [-0.4, -0.2) is 61.4 Å². The van der Waals surface area contributed by atoms with Crippen molar-refractivity contribution >= 4 is 35.8 Å². The van der Waals surface area contributed by atoms with Crippen molar-refractivity contribution in [2.75, 3.05) is 39.8 Å². The molecule has 0 unspecified atom stereocenters. The molecule has 0 aliphatic rings. The van der Waals surface area contributed by atoms with Crippen LogP contribution in [-0.2, 0) is 17.6 Å². The standard InChI is InChI=1S/C22H32N4O2.HI/c1-4-26(5-2)21(27)18-25(3)22(24-16-14-20-12-9-17-28-20)23-15-13-19-10-7-6-8-11-19;/h6-12,17H,4-5,13-16,18H2,1-3H3,(H,23,24);1H. The second-order valence-electron chi connectivity index (χ2n) is 6.62. The highest BCUT2D eigenvalue weighted by molar-refractivity contribution is 14.0. The second kappa shape index (κ2) is 14.0. The van der Waals surface area contributed by atoms with Crippen molar-refractivity contribution in [1.82, 2.24) is 15.1 Å². The van der Waals surface area contributed by atoms with E-state index in [0.717, 1.165) is 44.2 Å². The van der Waals surface area contributed by atoms with Gasteiger partial charge in [-0.2, -0.15) is 0 Å². The van der Waals surface area contributed by atoms with Crippen LogP contribution in [0.5, 0.6) is 0 Å². The Morgan fingerprint density at radius 1 is 1.07 bits per heavy atom. The van der Waals surface area contributed by atoms with Crippen molar-refractivity contribution in [2.45, 2.75) is 26.7 Å². The highest BCUT2D eigenvalue weighted by Crippen LogP contribution is 2.02. The van der Waals surface area contributed by atoms with Crippen LogP contribution in [0.2, 0.25) is 0 Å². The Morgan fingerprint density at radius 2 is 1.79 bits per heavy atom. The first-order valence-corrected chi connectivity index (χ1v) is 9.97. The number of carbonyl (C=O) groups excluding carboxylic acids is 1. The van der Waals surface area contributed by atoms with Gasteiger partial charge >= 0.3 is 0 Å². The molecular formula is C22H33IN4O2. The maximum absolute atomic E-state index is 12.5. The zero-order valence-corrected chi connectivity index (χ0v) is 20.0. The van der Waals surface area contributed by atoms with Gasteiger partial charge in [-0.1, -0.05) is 30.3 Å². The number of guanidine groups is 1. The van der Waals surface area contributed by atoms with Gasteiger partial charge in [-0.05, 0) is 38.0 Å². The number of rotatable bonds is 10. The minimum absolute atomic E-state index is 0. The average Bonchev–Trinajstić information content (AvgIpc) is 3.22. The van der Waals surface area contributed by atoms with E-state index in [9.17, 15) is 4.79 Å². The van der Waals surface area contributed by atoms with Gasteiger partial charge in [0.15, 0.2) is 5.96 Å². The third-order valence-electron chi connectivity index (χ3n) is 4.59. The number of carbonyl (C=O) groups is 1. The zero-order valence-electron chi connectivity index (χ0n) is 17.6. The van der Waals surface area contributed by atoms with Gasteiger partial charge < -0.3 is 19.5 Å². The monoisotopic (exact) mass is 512 g/mol. The Hall–Kier alpha value is -2.03. The lowest BCUT2D eigenvalue weighted by Crippen LogP contribution is -2.46. The number of likely N-dealkylation sites (N-methyl/N-ethyl adjacent to an activating group) is 2. The summed E-state index contributed by atoms with van der Waals surface area (Å²) in [6.07, 6.45) is 3.30. The van der Waals surface area contributed by atoms with E-state index in [1.165, 1.54) is 5.56 Å². The summed E-state index contributed by atoms with van der Waals surface area (Å²) in [5.41, 5.74) is 1.27. The molecule has 0 aliphatic carbocycles. The van der Waals surface area contributed by atoms with Gasteiger partial charge in [-0.25, -0.2) is 0 Å². The number of amides is 1. The average molecular weight is 512 g/mol. The lowest BCUT2D eigenvalue weighted by molar-refractivity contribution is -0.131.